The van der Waals surface area contributed by atoms with E-state index in [0.717, 1.165) is 23.6 Å². The van der Waals surface area contributed by atoms with Crippen molar-refractivity contribution in [2.45, 2.75) is 56.0 Å². The molecule has 122 valence electrons. The third kappa shape index (κ3) is 2.19. The summed E-state index contributed by atoms with van der Waals surface area (Å²) in [6.45, 7) is 1.46. The van der Waals surface area contributed by atoms with Crippen LogP contribution < -0.4 is 5.73 Å². The van der Waals surface area contributed by atoms with Crippen LogP contribution in [0.25, 0.3) is 0 Å². The number of fused-ring (bicyclic) bond motifs is 1. The number of aromatic nitrogens is 1. The molecule has 0 aromatic carbocycles. The van der Waals surface area contributed by atoms with Gasteiger partial charge >= 0.3 is 5.97 Å². The second kappa shape index (κ2) is 5.24. The first kappa shape index (κ1) is 15.3. The summed E-state index contributed by atoms with van der Waals surface area (Å²) in [6.07, 6.45) is 3.80. The van der Waals surface area contributed by atoms with Gasteiger partial charge in [-0.3, -0.25) is 4.79 Å². The van der Waals surface area contributed by atoms with Gasteiger partial charge in [0.1, 0.15) is 6.04 Å². The number of sulfonamides is 1. The van der Waals surface area contributed by atoms with Crippen molar-refractivity contribution in [3.8, 4) is 0 Å². The summed E-state index contributed by atoms with van der Waals surface area (Å²) < 4.78 is 32.0. The Morgan fingerprint density at radius 2 is 2.09 bits per heavy atom. The van der Waals surface area contributed by atoms with E-state index in [4.69, 9.17) is 10.3 Å². The van der Waals surface area contributed by atoms with Crippen molar-refractivity contribution in [1.82, 2.24) is 9.46 Å². The quantitative estimate of drug-likeness (QED) is 0.846. The number of aryl methyl sites for hydroxylation is 1. The Balaban J connectivity index is 2.08. The second-order valence-electron chi connectivity index (χ2n) is 5.99. The first-order valence-corrected chi connectivity index (χ1v) is 8.76. The first-order valence-electron chi connectivity index (χ1n) is 7.32. The molecule has 2 heterocycles. The van der Waals surface area contributed by atoms with Gasteiger partial charge in [0.25, 0.3) is 10.0 Å². The van der Waals surface area contributed by atoms with Gasteiger partial charge in [-0.25, -0.2) is 8.42 Å². The van der Waals surface area contributed by atoms with Crippen LogP contribution >= 0.6 is 0 Å². The molecular weight excluding hydrogens is 310 g/mol. The maximum absolute atomic E-state index is 13.0. The molecule has 1 aliphatic carbocycles. The summed E-state index contributed by atoms with van der Waals surface area (Å²) in [7, 11) is -4.05. The lowest BCUT2D eigenvalue weighted by Crippen LogP contribution is -2.46. The lowest BCUT2D eigenvalue weighted by molar-refractivity contribution is -0.141. The fraction of sp³-hybridized carbons (Fsp3) is 0.692. The average molecular weight is 329 g/mol. The topological polar surface area (TPSA) is 127 Å². The van der Waals surface area contributed by atoms with E-state index in [-0.39, 0.29) is 28.4 Å². The molecule has 22 heavy (non-hydrogen) atoms. The van der Waals surface area contributed by atoms with Crippen molar-refractivity contribution in [2.24, 2.45) is 5.92 Å². The average Bonchev–Trinajstić information content (AvgIpc) is 3.00. The van der Waals surface area contributed by atoms with Crippen LogP contribution in [-0.2, 0) is 14.8 Å². The zero-order valence-corrected chi connectivity index (χ0v) is 13.0. The summed E-state index contributed by atoms with van der Waals surface area (Å²) in [5.74, 6) is -1.17. The molecule has 3 N–H and O–H groups in total. The summed E-state index contributed by atoms with van der Waals surface area (Å²) in [6, 6.07) is -1.33. The van der Waals surface area contributed by atoms with Gasteiger partial charge in [0.05, 0.1) is 0 Å². The molecule has 0 spiro atoms. The molecule has 9 heteroatoms. The number of carboxylic acids is 1. The first-order chi connectivity index (χ1) is 10.3. The van der Waals surface area contributed by atoms with Crippen LogP contribution in [-0.4, -0.2) is 41.0 Å². The molecule has 8 nitrogen and oxygen atoms in total. The lowest BCUT2D eigenvalue weighted by Gasteiger charge is -2.31. The van der Waals surface area contributed by atoms with Gasteiger partial charge in [-0.2, -0.15) is 4.31 Å². The highest BCUT2D eigenvalue weighted by Gasteiger charge is 2.52. The van der Waals surface area contributed by atoms with Gasteiger partial charge in [-0.05, 0) is 32.1 Å². The van der Waals surface area contributed by atoms with Crippen LogP contribution in [0.5, 0.6) is 0 Å². The molecule has 3 unspecified atom stereocenters. The second-order valence-corrected chi connectivity index (χ2v) is 7.77. The molecule has 3 atom stereocenters. The Kier molecular flexibility index (Phi) is 3.64. The maximum Gasteiger partial charge on any atom is 0.322 e. The highest BCUT2D eigenvalue weighted by molar-refractivity contribution is 7.89. The predicted molar refractivity (Wildman–Crippen MR) is 76.5 cm³/mol. The van der Waals surface area contributed by atoms with Gasteiger partial charge in [0, 0.05) is 6.04 Å². The molecule has 0 bridgehead atoms. The fourth-order valence-electron chi connectivity index (χ4n) is 3.78. The Morgan fingerprint density at radius 3 is 2.68 bits per heavy atom. The number of hydrogen-bond donors (Lipinski definition) is 2. The smallest absolute Gasteiger partial charge is 0.322 e. The van der Waals surface area contributed by atoms with Gasteiger partial charge < -0.3 is 15.4 Å². The Morgan fingerprint density at radius 1 is 1.41 bits per heavy atom. The molecule has 0 amide bonds. The number of nitrogens with two attached hydrogens (primary N) is 1. The number of anilines is 1. The van der Waals surface area contributed by atoms with Crippen LogP contribution in [0.15, 0.2) is 9.42 Å². The van der Waals surface area contributed by atoms with Crippen molar-refractivity contribution in [2.75, 3.05) is 5.73 Å². The highest BCUT2D eigenvalue weighted by atomic mass is 32.2. The van der Waals surface area contributed by atoms with E-state index in [2.05, 4.69) is 5.16 Å². The standard InChI is InChI=1S/C13H19N3O5S/c1-7-11(12(14)15-21-7)22(19,20)16-9-5-3-2-4-8(9)6-10(16)13(17)18/h8-10H,2-6H2,1H3,(H2,14,15)(H,17,18). The van der Waals surface area contributed by atoms with Gasteiger partial charge in [0.15, 0.2) is 16.5 Å². The molecular formula is C13H19N3O5S. The molecule has 1 aliphatic heterocycles. The van der Waals surface area contributed by atoms with E-state index in [1.807, 2.05) is 0 Å². The van der Waals surface area contributed by atoms with Gasteiger partial charge in [-0.15, -0.1) is 0 Å². The third-order valence-electron chi connectivity index (χ3n) is 4.68. The summed E-state index contributed by atoms with van der Waals surface area (Å²) in [5.41, 5.74) is 5.63. The Bertz CT molecular complexity index is 679. The summed E-state index contributed by atoms with van der Waals surface area (Å²) >= 11 is 0. The largest absolute Gasteiger partial charge is 0.480 e. The minimum atomic E-state index is -4.05. The zero-order valence-electron chi connectivity index (χ0n) is 12.2. The number of rotatable bonds is 3. The van der Waals surface area contributed by atoms with Crippen molar-refractivity contribution < 1.29 is 22.8 Å². The molecule has 1 saturated carbocycles. The highest BCUT2D eigenvalue weighted by Crippen LogP contribution is 2.43. The third-order valence-corrected chi connectivity index (χ3v) is 6.78. The number of hydrogen-bond acceptors (Lipinski definition) is 6. The van der Waals surface area contributed by atoms with Crippen LogP contribution in [0.4, 0.5) is 5.82 Å². The van der Waals surface area contributed by atoms with Crippen LogP contribution in [0.2, 0.25) is 0 Å². The minimum absolute atomic E-state index is 0.0842. The van der Waals surface area contributed by atoms with Crippen molar-refractivity contribution in [3.05, 3.63) is 5.76 Å². The van der Waals surface area contributed by atoms with Crippen molar-refractivity contribution >= 4 is 21.8 Å². The molecule has 0 radical (unpaired) electrons. The minimum Gasteiger partial charge on any atom is -0.480 e. The van der Waals surface area contributed by atoms with Crippen LogP contribution in [0, 0.1) is 12.8 Å². The van der Waals surface area contributed by atoms with E-state index in [0.29, 0.717) is 12.8 Å². The number of carboxylic acid groups (broad SMARTS) is 1. The predicted octanol–water partition coefficient (Wildman–Crippen LogP) is 0.972. The lowest BCUT2D eigenvalue weighted by atomic mass is 9.85. The van der Waals surface area contributed by atoms with Crippen LogP contribution in [0.3, 0.4) is 0 Å². The summed E-state index contributed by atoms with van der Waals surface area (Å²) in [5, 5.41) is 12.9. The van der Waals surface area contributed by atoms with E-state index >= 15 is 0 Å². The zero-order chi connectivity index (χ0) is 16.1. The Labute approximate surface area is 128 Å². The molecule has 2 aliphatic rings. The van der Waals surface area contributed by atoms with E-state index in [9.17, 15) is 18.3 Å². The van der Waals surface area contributed by atoms with Crippen molar-refractivity contribution in [1.29, 1.82) is 0 Å². The van der Waals surface area contributed by atoms with E-state index in [1.165, 1.54) is 6.92 Å². The molecule has 1 aromatic heterocycles. The number of nitrogens with zero attached hydrogens (tertiary/aromatic N) is 2. The molecule has 3 rings (SSSR count). The van der Waals surface area contributed by atoms with Gasteiger partial charge in [-0.1, -0.05) is 18.0 Å². The SMILES string of the molecule is Cc1onc(N)c1S(=O)(=O)N1C(C(=O)O)CC2CCCCC21. The molecule has 2 fully saturated rings. The Hall–Kier alpha value is -1.61. The van der Waals surface area contributed by atoms with Crippen LogP contribution in [0.1, 0.15) is 37.9 Å². The maximum atomic E-state index is 13.0. The fourth-order valence-corrected chi connectivity index (χ4v) is 5.83. The number of aliphatic carboxylic acids is 1. The molecule has 1 saturated heterocycles. The van der Waals surface area contributed by atoms with E-state index < -0.39 is 22.0 Å². The monoisotopic (exact) mass is 329 g/mol. The normalized spacial score (nSPS) is 29.4. The summed E-state index contributed by atoms with van der Waals surface area (Å²) in [4.78, 5) is 11.4. The number of nitrogen functional groups attached to an aromatic ring is 1. The number of carbonyl (C=O) groups is 1. The van der Waals surface area contributed by atoms with Gasteiger partial charge in [0.2, 0.25) is 0 Å². The van der Waals surface area contributed by atoms with E-state index in [1.54, 1.807) is 0 Å². The van der Waals surface area contributed by atoms with Crippen molar-refractivity contribution in [3.63, 3.8) is 0 Å². The molecule has 1 aromatic rings.